The van der Waals surface area contributed by atoms with E-state index in [2.05, 4.69) is 20.9 Å². The van der Waals surface area contributed by atoms with Crippen LogP contribution in [-0.4, -0.2) is 16.9 Å². The van der Waals surface area contributed by atoms with Crippen molar-refractivity contribution < 1.29 is 9.59 Å². The molecule has 0 fully saturated rings. The lowest BCUT2D eigenvalue weighted by molar-refractivity contribution is 0.0943. The number of carbonyl (C=O) groups excluding carboxylic acids is 2. The molecule has 144 valence electrons. The lowest BCUT2D eigenvalue weighted by Gasteiger charge is -2.13. The van der Waals surface area contributed by atoms with Gasteiger partial charge in [-0.2, -0.15) is 0 Å². The molecule has 0 aliphatic rings. The molecular weight excluding hydrogens is 396 g/mol. The molecule has 3 rings (SSSR count). The van der Waals surface area contributed by atoms with Crippen LogP contribution in [0.4, 0.5) is 15.6 Å². The summed E-state index contributed by atoms with van der Waals surface area (Å²) in [5.41, 5.74) is 2.13. The summed E-state index contributed by atoms with van der Waals surface area (Å²) in [6.45, 7) is 3.65. The van der Waals surface area contributed by atoms with Crippen LogP contribution in [-0.2, 0) is 0 Å². The van der Waals surface area contributed by atoms with Crippen LogP contribution >= 0.6 is 22.9 Å². The highest BCUT2D eigenvalue weighted by molar-refractivity contribution is 7.17. The van der Waals surface area contributed by atoms with Gasteiger partial charge in [0, 0.05) is 10.7 Å². The first-order valence-electron chi connectivity index (χ1n) is 8.59. The van der Waals surface area contributed by atoms with Crippen LogP contribution in [0.25, 0.3) is 0 Å². The number of nitrogens with one attached hydrogen (secondary N) is 3. The number of urea groups is 1. The Balaban J connectivity index is 1.63. The van der Waals surface area contributed by atoms with Crippen LogP contribution in [0.5, 0.6) is 0 Å². The van der Waals surface area contributed by atoms with Gasteiger partial charge >= 0.3 is 6.03 Å². The van der Waals surface area contributed by atoms with Crippen LogP contribution < -0.4 is 16.0 Å². The standard InChI is InChI=1S/C20H19ClN4O2S/c1-12(14-7-4-3-5-8-14)22-18(26)17-13(2)23-20(28-17)25-19(27)24-16-10-6-9-15(21)11-16/h3-12H,1-2H3,(H,22,26)(H2,23,24,25,27). The maximum atomic E-state index is 12.6. The maximum absolute atomic E-state index is 12.6. The minimum Gasteiger partial charge on any atom is -0.345 e. The second-order valence-electron chi connectivity index (χ2n) is 6.13. The van der Waals surface area contributed by atoms with Gasteiger partial charge < -0.3 is 10.6 Å². The predicted octanol–water partition coefficient (Wildman–Crippen LogP) is 5.24. The summed E-state index contributed by atoms with van der Waals surface area (Å²) in [5.74, 6) is -0.227. The van der Waals surface area contributed by atoms with Gasteiger partial charge in [-0.3, -0.25) is 10.1 Å². The number of hydrogen-bond donors (Lipinski definition) is 3. The van der Waals surface area contributed by atoms with E-state index in [4.69, 9.17) is 11.6 Å². The first-order chi connectivity index (χ1) is 13.4. The first-order valence-corrected chi connectivity index (χ1v) is 9.78. The topological polar surface area (TPSA) is 83.1 Å². The SMILES string of the molecule is Cc1nc(NC(=O)Nc2cccc(Cl)c2)sc1C(=O)NC(C)c1ccccc1. The highest BCUT2D eigenvalue weighted by atomic mass is 35.5. The average molecular weight is 415 g/mol. The van der Waals surface area contributed by atoms with Crippen LogP contribution in [0.1, 0.15) is 33.9 Å². The van der Waals surface area contributed by atoms with Gasteiger partial charge in [0.05, 0.1) is 11.7 Å². The van der Waals surface area contributed by atoms with Crippen LogP contribution in [0, 0.1) is 6.92 Å². The van der Waals surface area contributed by atoms with Crippen molar-refractivity contribution in [3.8, 4) is 0 Å². The van der Waals surface area contributed by atoms with Gasteiger partial charge in [-0.25, -0.2) is 9.78 Å². The molecule has 0 radical (unpaired) electrons. The molecule has 3 N–H and O–H groups in total. The molecule has 8 heteroatoms. The van der Waals surface area contributed by atoms with Crippen LogP contribution in [0.3, 0.4) is 0 Å². The Morgan fingerprint density at radius 1 is 1.07 bits per heavy atom. The number of rotatable bonds is 5. The van der Waals surface area contributed by atoms with Gasteiger partial charge in [0.2, 0.25) is 0 Å². The van der Waals surface area contributed by atoms with Gasteiger partial charge in [0.25, 0.3) is 5.91 Å². The summed E-state index contributed by atoms with van der Waals surface area (Å²) in [4.78, 5) is 29.5. The first kappa shape index (κ1) is 19.9. The number of benzene rings is 2. The van der Waals surface area contributed by atoms with Gasteiger partial charge in [0.15, 0.2) is 5.13 Å². The third-order valence-electron chi connectivity index (χ3n) is 3.95. The average Bonchev–Trinajstić information content (AvgIpc) is 3.02. The smallest absolute Gasteiger partial charge is 0.325 e. The zero-order chi connectivity index (χ0) is 20.1. The zero-order valence-corrected chi connectivity index (χ0v) is 16.9. The van der Waals surface area contributed by atoms with Gasteiger partial charge in [-0.05, 0) is 37.6 Å². The number of hydrogen-bond acceptors (Lipinski definition) is 4. The largest absolute Gasteiger partial charge is 0.345 e. The molecule has 3 amide bonds. The second-order valence-corrected chi connectivity index (χ2v) is 7.56. The molecule has 0 aliphatic carbocycles. The Morgan fingerprint density at radius 3 is 2.54 bits per heavy atom. The maximum Gasteiger partial charge on any atom is 0.325 e. The number of aryl methyl sites for hydroxylation is 1. The van der Waals surface area contributed by atoms with Crippen molar-refractivity contribution in [3.05, 3.63) is 75.8 Å². The van der Waals surface area contributed by atoms with Crippen LogP contribution in [0.2, 0.25) is 5.02 Å². The van der Waals surface area contributed by atoms with Crippen molar-refractivity contribution in [2.24, 2.45) is 0 Å². The second kappa shape index (κ2) is 8.86. The van der Waals surface area contributed by atoms with Crippen LogP contribution in [0.15, 0.2) is 54.6 Å². The third kappa shape index (κ3) is 5.09. The molecule has 0 aliphatic heterocycles. The monoisotopic (exact) mass is 414 g/mol. The molecule has 3 aromatic rings. The summed E-state index contributed by atoms with van der Waals surface area (Å²) < 4.78 is 0. The van der Waals surface area contributed by atoms with E-state index in [1.54, 1.807) is 31.2 Å². The number of carbonyl (C=O) groups is 2. The van der Waals surface area contributed by atoms with Gasteiger partial charge in [-0.15, -0.1) is 0 Å². The van der Waals surface area contributed by atoms with Crippen molar-refractivity contribution in [1.29, 1.82) is 0 Å². The summed E-state index contributed by atoms with van der Waals surface area (Å²) in [5, 5.41) is 9.14. The van der Waals surface area contributed by atoms with Crippen molar-refractivity contribution in [2.45, 2.75) is 19.9 Å². The number of amides is 3. The third-order valence-corrected chi connectivity index (χ3v) is 5.26. The Kier molecular flexibility index (Phi) is 6.28. The number of thiazole rings is 1. The van der Waals surface area contributed by atoms with Crippen molar-refractivity contribution in [3.63, 3.8) is 0 Å². The predicted molar refractivity (Wildman–Crippen MR) is 113 cm³/mol. The molecule has 1 aromatic heterocycles. The zero-order valence-electron chi connectivity index (χ0n) is 15.3. The fourth-order valence-corrected chi connectivity index (χ4v) is 3.63. The highest BCUT2D eigenvalue weighted by Gasteiger charge is 2.18. The minimum absolute atomic E-state index is 0.141. The Labute approximate surface area is 172 Å². The van der Waals surface area contributed by atoms with Crippen molar-refractivity contribution in [1.82, 2.24) is 10.3 Å². The number of nitrogens with zero attached hydrogens (tertiary/aromatic N) is 1. The summed E-state index contributed by atoms with van der Waals surface area (Å²) in [6, 6.07) is 15.9. The van der Waals surface area contributed by atoms with Gasteiger partial charge in [-0.1, -0.05) is 59.3 Å². The van der Waals surface area contributed by atoms with E-state index in [9.17, 15) is 9.59 Å². The fraction of sp³-hybridized carbons (Fsp3) is 0.150. The summed E-state index contributed by atoms with van der Waals surface area (Å²) in [6.07, 6.45) is 0. The molecule has 28 heavy (non-hydrogen) atoms. The Bertz CT molecular complexity index is 991. The molecular formula is C20H19ClN4O2S. The Hall–Kier alpha value is -2.90. The highest BCUT2D eigenvalue weighted by Crippen LogP contribution is 2.24. The molecule has 0 saturated heterocycles. The normalized spacial score (nSPS) is 11.5. The van der Waals surface area contributed by atoms with E-state index in [-0.39, 0.29) is 11.9 Å². The lowest BCUT2D eigenvalue weighted by atomic mass is 10.1. The Morgan fingerprint density at radius 2 is 1.82 bits per heavy atom. The molecule has 1 heterocycles. The van der Waals surface area contributed by atoms with E-state index >= 15 is 0 Å². The molecule has 0 saturated carbocycles. The number of anilines is 2. The quantitative estimate of drug-likeness (QED) is 0.533. The van der Waals surface area contributed by atoms with Crippen molar-refractivity contribution >= 4 is 45.7 Å². The number of halogens is 1. The molecule has 0 spiro atoms. The van der Waals surface area contributed by atoms with E-state index < -0.39 is 6.03 Å². The lowest BCUT2D eigenvalue weighted by Crippen LogP contribution is -2.26. The van der Waals surface area contributed by atoms with Gasteiger partial charge in [0.1, 0.15) is 4.88 Å². The van der Waals surface area contributed by atoms with E-state index in [1.807, 2.05) is 37.3 Å². The number of aromatic nitrogens is 1. The van der Waals surface area contributed by atoms with E-state index in [0.717, 1.165) is 16.9 Å². The molecule has 1 unspecified atom stereocenters. The molecule has 1 atom stereocenters. The molecule has 2 aromatic carbocycles. The van der Waals surface area contributed by atoms with Crippen molar-refractivity contribution in [2.75, 3.05) is 10.6 Å². The molecule has 6 nitrogen and oxygen atoms in total. The van der Waals surface area contributed by atoms with E-state index in [0.29, 0.717) is 26.4 Å². The molecule has 0 bridgehead atoms. The minimum atomic E-state index is -0.458. The fourth-order valence-electron chi connectivity index (χ4n) is 2.57. The van der Waals surface area contributed by atoms with E-state index in [1.165, 1.54) is 0 Å². The summed E-state index contributed by atoms with van der Waals surface area (Å²) >= 11 is 7.03. The summed E-state index contributed by atoms with van der Waals surface area (Å²) in [7, 11) is 0.